The van der Waals surface area contributed by atoms with Crippen LogP contribution in [-0.4, -0.2) is 29.0 Å². The van der Waals surface area contributed by atoms with Crippen LogP contribution in [0.3, 0.4) is 0 Å². The van der Waals surface area contributed by atoms with Crippen LogP contribution < -0.4 is 10.2 Å². The van der Waals surface area contributed by atoms with Gasteiger partial charge in [-0.05, 0) is 37.1 Å². The lowest BCUT2D eigenvalue weighted by Crippen LogP contribution is -2.25. The van der Waals surface area contributed by atoms with Crippen LogP contribution in [0.1, 0.15) is 37.0 Å². The predicted octanol–water partition coefficient (Wildman–Crippen LogP) is 3.36. The van der Waals surface area contributed by atoms with Gasteiger partial charge in [-0.15, -0.1) is 0 Å². The number of pyridine rings is 2. The van der Waals surface area contributed by atoms with Crippen molar-refractivity contribution >= 4 is 17.4 Å². The fourth-order valence-corrected chi connectivity index (χ4v) is 2.24. The topological polar surface area (TPSA) is 58.1 Å². The highest BCUT2D eigenvalue weighted by atomic mass is 16.1. The van der Waals surface area contributed by atoms with Crippen molar-refractivity contribution in [1.29, 1.82) is 0 Å². The molecule has 1 amide bonds. The van der Waals surface area contributed by atoms with Gasteiger partial charge < -0.3 is 10.2 Å². The average Bonchev–Trinajstić information content (AvgIpc) is 2.56. The van der Waals surface area contributed by atoms with E-state index in [1.165, 1.54) is 6.20 Å². The molecule has 0 aliphatic rings. The Bertz CT molecular complexity index is 577. The SMILES string of the molecule is CCCN(CCC)c1ccc(NC(=O)c2cccnc2)nc1. The Hall–Kier alpha value is -2.43. The normalized spacial score (nSPS) is 10.3. The molecule has 0 atom stereocenters. The van der Waals surface area contributed by atoms with Crippen molar-refractivity contribution in [1.82, 2.24) is 9.97 Å². The molecule has 0 saturated carbocycles. The Morgan fingerprint density at radius 1 is 1.14 bits per heavy atom. The van der Waals surface area contributed by atoms with Gasteiger partial charge in [0.25, 0.3) is 5.91 Å². The van der Waals surface area contributed by atoms with Crippen LogP contribution in [0.4, 0.5) is 11.5 Å². The van der Waals surface area contributed by atoms with E-state index in [9.17, 15) is 4.79 Å². The van der Waals surface area contributed by atoms with E-state index in [-0.39, 0.29) is 5.91 Å². The third-order valence-electron chi connectivity index (χ3n) is 3.27. The fraction of sp³-hybridized carbons (Fsp3) is 0.353. The molecule has 2 aromatic heterocycles. The number of carbonyl (C=O) groups is 1. The van der Waals surface area contributed by atoms with E-state index in [4.69, 9.17) is 0 Å². The minimum absolute atomic E-state index is 0.202. The quantitative estimate of drug-likeness (QED) is 0.851. The molecule has 5 heteroatoms. The zero-order chi connectivity index (χ0) is 15.8. The third kappa shape index (κ3) is 4.28. The number of amides is 1. The van der Waals surface area contributed by atoms with Gasteiger partial charge in [0, 0.05) is 25.5 Å². The number of hydrogen-bond acceptors (Lipinski definition) is 4. The van der Waals surface area contributed by atoms with Crippen LogP contribution in [0.5, 0.6) is 0 Å². The molecule has 2 heterocycles. The van der Waals surface area contributed by atoms with Gasteiger partial charge in [0.05, 0.1) is 17.4 Å². The second-order valence-electron chi connectivity index (χ2n) is 5.08. The lowest BCUT2D eigenvalue weighted by atomic mass is 10.2. The van der Waals surface area contributed by atoms with Gasteiger partial charge in [0.15, 0.2) is 0 Å². The maximum Gasteiger partial charge on any atom is 0.258 e. The summed E-state index contributed by atoms with van der Waals surface area (Å²) in [5.41, 5.74) is 1.61. The Morgan fingerprint density at radius 3 is 2.45 bits per heavy atom. The first-order valence-corrected chi connectivity index (χ1v) is 7.67. The molecule has 0 aromatic carbocycles. The lowest BCUT2D eigenvalue weighted by molar-refractivity contribution is 0.102. The van der Waals surface area contributed by atoms with Crippen LogP contribution in [0, 0.1) is 0 Å². The minimum atomic E-state index is -0.202. The number of carbonyl (C=O) groups excluding carboxylic acids is 1. The molecule has 5 nitrogen and oxygen atoms in total. The third-order valence-corrected chi connectivity index (χ3v) is 3.27. The molecule has 0 unspecified atom stereocenters. The van der Waals surface area contributed by atoms with Gasteiger partial charge in [-0.25, -0.2) is 4.98 Å². The largest absolute Gasteiger partial charge is 0.370 e. The van der Waals surface area contributed by atoms with Crippen LogP contribution in [-0.2, 0) is 0 Å². The monoisotopic (exact) mass is 298 g/mol. The first-order valence-electron chi connectivity index (χ1n) is 7.67. The Balaban J connectivity index is 2.03. The molecule has 2 aromatic rings. The van der Waals surface area contributed by atoms with Crippen LogP contribution >= 0.6 is 0 Å². The number of anilines is 2. The maximum absolute atomic E-state index is 12.0. The molecule has 116 valence electrons. The second kappa shape index (κ2) is 8.12. The number of nitrogens with one attached hydrogen (secondary N) is 1. The number of aromatic nitrogens is 2. The summed E-state index contributed by atoms with van der Waals surface area (Å²) in [7, 11) is 0. The summed E-state index contributed by atoms with van der Waals surface area (Å²) in [6.45, 7) is 6.35. The average molecular weight is 298 g/mol. The van der Waals surface area contributed by atoms with Crippen molar-refractivity contribution in [3.63, 3.8) is 0 Å². The Labute approximate surface area is 131 Å². The molecular weight excluding hydrogens is 276 g/mol. The van der Waals surface area contributed by atoms with Gasteiger partial charge in [-0.3, -0.25) is 9.78 Å². The van der Waals surface area contributed by atoms with Crippen LogP contribution in [0.15, 0.2) is 42.9 Å². The highest BCUT2D eigenvalue weighted by Gasteiger charge is 2.08. The van der Waals surface area contributed by atoms with Gasteiger partial charge in [0.1, 0.15) is 5.82 Å². The molecule has 0 radical (unpaired) electrons. The lowest BCUT2D eigenvalue weighted by Gasteiger charge is -2.23. The molecule has 0 fully saturated rings. The molecule has 0 bridgehead atoms. The molecule has 0 spiro atoms. The van der Waals surface area contributed by atoms with E-state index in [0.717, 1.165) is 31.6 Å². The van der Waals surface area contributed by atoms with Crippen molar-refractivity contribution in [2.45, 2.75) is 26.7 Å². The highest BCUT2D eigenvalue weighted by Crippen LogP contribution is 2.16. The number of hydrogen-bond donors (Lipinski definition) is 1. The van der Waals surface area contributed by atoms with Crippen molar-refractivity contribution in [2.75, 3.05) is 23.3 Å². The molecule has 22 heavy (non-hydrogen) atoms. The smallest absolute Gasteiger partial charge is 0.258 e. The number of nitrogens with zero attached hydrogens (tertiary/aromatic N) is 3. The zero-order valence-corrected chi connectivity index (χ0v) is 13.1. The van der Waals surface area contributed by atoms with Crippen molar-refractivity contribution in [3.8, 4) is 0 Å². The van der Waals surface area contributed by atoms with E-state index < -0.39 is 0 Å². The summed E-state index contributed by atoms with van der Waals surface area (Å²) < 4.78 is 0. The van der Waals surface area contributed by atoms with Gasteiger partial charge >= 0.3 is 0 Å². The zero-order valence-electron chi connectivity index (χ0n) is 13.1. The summed E-state index contributed by atoms with van der Waals surface area (Å²) in [5.74, 6) is 0.345. The summed E-state index contributed by atoms with van der Waals surface area (Å²) >= 11 is 0. The van der Waals surface area contributed by atoms with Crippen LogP contribution in [0.25, 0.3) is 0 Å². The first kappa shape index (κ1) is 15.9. The predicted molar refractivity (Wildman–Crippen MR) is 89.2 cm³/mol. The first-order chi connectivity index (χ1) is 10.7. The molecule has 0 aliphatic heterocycles. The second-order valence-corrected chi connectivity index (χ2v) is 5.08. The molecule has 2 rings (SSSR count). The molecule has 1 N–H and O–H groups in total. The Morgan fingerprint density at radius 2 is 1.91 bits per heavy atom. The van der Waals surface area contributed by atoms with Crippen LogP contribution in [0.2, 0.25) is 0 Å². The van der Waals surface area contributed by atoms with Gasteiger partial charge in [-0.1, -0.05) is 13.8 Å². The standard InChI is InChI=1S/C17H22N4O/c1-3-10-21(11-4-2)15-7-8-16(19-13-15)20-17(22)14-6-5-9-18-12-14/h5-9,12-13H,3-4,10-11H2,1-2H3,(H,19,20,22). The van der Waals surface area contributed by atoms with Crippen molar-refractivity contribution in [2.24, 2.45) is 0 Å². The van der Waals surface area contributed by atoms with E-state index in [0.29, 0.717) is 11.4 Å². The van der Waals surface area contributed by atoms with E-state index in [1.807, 2.05) is 18.3 Å². The van der Waals surface area contributed by atoms with Gasteiger partial charge in [-0.2, -0.15) is 0 Å². The Kier molecular flexibility index (Phi) is 5.89. The summed E-state index contributed by atoms with van der Waals surface area (Å²) in [6.07, 6.45) is 7.18. The summed E-state index contributed by atoms with van der Waals surface area (Å²) in [6, 6.07) is 7.29. The summed E-state index contributed by atoms with van der Waals surface area (Å²) in [4.78, 5) is 22.6. The maximum atomic E-state index is 12.0. The highest BCUT2D eigenvalue weighted by molar-refractivity contribution is 6.03. The van der Waals surface area contributed by atoms with Gasteiger partial charge in [0.2, 0.25) is 0 Å². The molecular formula is C17H22N4O. The molecule has 0 saturated heterocycles. The molecule has 0 aliphatic carbocycles. The van der Waals surface area contributed by atoms with E-state index in [1.54, 1.807) is 18.3 Å². The van der Waals surface area contributed by atoms with E-state index >= 15 is 0 Å². The summed E-state index contributed by atoms with van der Waals surface area (Å²) in [5, 5.41) is 2.78. The van der Waals surface area contributed by atoms with E-state index in [2.05, 4.69) is 34.0 Å². The van der Waals surface area contributed by atoms with Crippen molar-refractivity contribution < 1.29 is 4.79 Å². The number of rotatable bonds is 7. The van der Waals surface area contributed by atoms with Crippen molar-refractivity contribution in [3.05, 3.63) is 48.4 Å². The minimum Gasteiger partial charge on any atom is -0.370 e. The fourth-order valence-electron chi connectivity index (χ4n) is 2.24.